The first-order valence-corrected chi connectivity index (χ1v) is 8.45. The molecule has 112 valence electrons. The Kier molecular flexibility index (Phi) is 5.09. The molecule has 0 aliphatic rings. The Balaban J connectivity index is 2.15. The van der Waals surface area contributed by atoms with Crippen LogP contribution in [0.2, 0.25) is 0 Å². The highest BCUT2D eigenvalue weighted by Crippen LogP contribution is 2.19. The molecule has 0 fully saturated rings. The van der Waals surface area contributed by atoms with Crippen molar-refractivity contribution in [3.8, 4) is 0 Å². The number of hydrogen-bond donors (Lipinski definition) is 1. The third kappa shape index (κ3) is 4.37. The average molecular weight is 307 g/mol. The lowest BCUT2D eigenvalue weighted by molar-refractivity contribution is 0.546. The van der Waals surface area contributed by atoms with E-state index in [1.165, 1.54) is 18.2 Å². The predicted molar refractivity (Wildman–Crippen MR) is 81.6 cm³/mol. The van der Waals surface area contributed by atoms with Crippen molar-refractivity contribution in [3.63, 3.8) is 0 Å². The van der Waals surface area contributed by atoms with Crippen molar-refractivity contribution in [1.82, 2.24) is 4.72 Å². The molecule has 0 heterocycles. The first-order valence-electron chi connectivity index (χ1n) is 6.80. The van der Waals surface area contributed by atoms with Crippen molar-refractivity contribution >= 4 is 10.0 Å². The van der Waals surface area contributed by atoms with Gasteiger partial charge in [0.05, 0.1) is 5.75 Å². The molecule has 0 amide bonds. The van der Waals surface area contributed by atoms with Gasteiger partial charge in [-0.1, -0.05) is 55.5 Å². The number of rotatable bonds is 6. The molecule has 0 saturated carbocycles. The van der Waals surface area contributed by atoms with Gasteiger partial charge in [-0.15, -0.1) is 0 Å². The summed E-state index contributed by atoms with van der Waals surface area (Å²) in [6.45, 7) is 1.91. The molecule has 2 rings (SSSR count). The highest BCUT2D eigenvalue weighted by Gasteiger charge is 2.19. The average Bonchev–Trinajstić information content (AvgIpc) is 2.48. The van der Waals surface area contributed by atoms with E-state index in [-0.39, 0.29) is 17.4 Å². The fraction of sp³-hybridized carbons (Fsp3) is 0.250. The maximum Gasteiger partial charge on any atom is 0.216 e. The monoisotopic (exact) mass is 307 g/mol. The molecule has 0 aliphatic heterocycles. The summed E-state index contributed by atoms with van der Waals surface area (Å²) in [7, 11) is -3.61. The van der Waals surface area contributed by atoms with Gasteiger partial charge in [0.2, 0.25) is 10.0 Å². The van der Waals surface area contributed by atoms with Crippen LogP contribution in [0.5, 0.6) is 0 Å². The summed E-state index contributed by atoms with van der Waals surface area (Å²) in [5, 5.41) is 0. The Hall–Kier alpha value is -1.72. The molecular formula is C16H18FNO2S. The molecule has 0 saturated heterocycles. The largest absolute Gasteiger partial charge is 0.216 e. The standard InChI is InChI=1S/C16H18FNO2S/c1-2-16(13-8-4-3-5-9-13)18-21(19,20)12-14-10-6-7-11-15(14)17/h3-11,16,18H,2,12H2,1H3/t16-/m0/s1. The lowest BCUT2D eigenvalue weighted by atomic mass is 10.1. The van der Waals surface area contributed by atoms with E-state index in [1.807, 2.05) is 37.3 Å². The highest BCUT2D eigenvalue weighted by molar-refractivity contribution is 7.88. The Labute approximate surface area is 124 Å². The Morgan fingerprint density at radius 3 is 2.29 bits per heavy atom. The Morgan fingerprint density at radius 2 is 1.67 bits per heavy atom. The van der Waals surface area contributed by atoms with Gasteiger partial charge in [-0.05, 0) is 18.1 Å². The van der Waals surface area contributed by atoms with E-state index in [0.29, 0.717) is 6.42 Å². The van der Waals surface area contributed by atoms with E-state index in [9.17, 15) is 12.8 Å². The number of benzene rings is 2. The molecule has 3 nitrogen and oxygen atoms in total. The lowest BCUT2D eigenvalue weighted by Gasteiger charge is -2.17. The van der Waals surface area contributed by atoms with Gasteiger partial charge in [0.15, 0.2) is 0 Å². The molecule has 21 heavy (non-hydrogen) atoms. The molecule has 5 heteroatoms. The molecule has 1 N–H and O–H groups in total. The molecule has 0 unspecified atom stereocenters. The van der Waals surface area contributed by atoms with Crippen LogP contribution < -0.4 is 4.72 Å². The molecule has 0 aliphatic carbocycles. The number of hydrogen-bond acceptors (Lipinski definition) is 2. The lowest BCUT2D eigenvalue weighted by Crippen LogP contribution is -2.29. The number of halogens is 1. The van der Waals surface area contributed by atoms with E-state index in [4.69, 9.17) is 0 Å². The summed E-state index contributed by atoms with van der Waals surface area (Å²) in [5.41, 5.74) is 1.07. The van der Waals surface area contributed by atoms with Crippen LogP contribution in [0.3, 0.4) is 0 Å². The molecule has 2 aromatic carbocycles. The van der Waals surface area contributed by atoms with Gasteiger partial charge in [-0.25, -0.2) is 17.5 Å². The van der Waals surface area contributed by atoms with Gasteiger partial charge in [-0.2, -0.15) is 0 Å². The third-order valence-electron chi connectivity index (χ3n) is 3.24. The first kappa shape index (κ1) is 15.7. The van der Waals surface area contributed by atoms with Crippen LogP contribution in [0.15, 0.2) is 54.6 Å². The molecule has 2 aromatic rings. The van der Waals surface area contributed by atoms with Crippen LogP contribution in [0.25, 0.3) is 0 Å². The maximum absolute atomic E-state index is 13.6. The second-order valence-electron chi connectivity index (χ2n) is 4.84. The molecule has 1 atom stereocenters. The van der Waals surface area contributed by atoms with Gasteiger partial charge in [0, 0.05) is 11.6 Å². The summed E-state index contributed by atoms with van der Waals surface area (Å²) in [4.78, 5) is 0. The van der Waals surface area contributed by atoms with E-state index in [0.717, 1.165) is 5.56 Å². The molecular weight excluding hydrogens is 289 g/mol. The van der Waals surface area contributed by atoms with E-state index >= 15 is 0 Å². The number of nitrogens with one attached hydrogen (secondary N) is 1. The quantitative estimate of drug-likeness (QED) is 0.889. The predicted octanol–water partition coefficient (Wildman–Crippen LogP) is 3.40. The van der Waals surface area contributed by atoms with Crippen LogP contribution in [-0.2, 0) is 15.8 Å². The molecule has 0 bridgehead atoms. The summed E-state index contributed by atoms with van der Waals surface area (Å²) in [5.74, 6) is -0.862. The van der Waals surface area contributed by atoms with Crippen molar-refractivity contribution in [2.24, 2.45) is 0 Å². The Bertz CT molecular complexity index is 686. The van der Waals surface area contributed by atoms with Crippen LogP contribution in [0.1, 0.15) is 30.5 Å². The second kappa shape index (κ2) is 6.83. The summed E-state index contributed by atoms with van der Waals surface area (Å²) in [6, 6.07) is 15.0. The highest BCUT2D eigenvalue weighted by atomic mass is 32.2. The van der Waals surface area contributed by atoms with Crippen molar-refractivity contribution in [2.75, 3.05) is 0 Å². The van der Waals surface area contributed by atoms with Gasteiger partial charge < -0.3 is 0 Å². The van der Waals surface area contributed by atoms with Gasteiger partial charge in [-0.3, -0.25) is 0 Å². The minimum Gasteiger partial charge on any atom is -0.212 e. The normalized spacial score (nSPS) is 13.0. The third-order valence-corrected chi connectivity index (χ3v) is 4.57. The molecule has 0 aromatic heterocycles. The minimum atomic E-state index is -3.61. The smallest absolute Gasteiger partial charge is 0.212 e. The fourth-order valence-corrected chi connectivity index (χ4v) is 3.61. The molecule has 0 radical (unpaired) electrons. The summed E-state index contributed by atoms with van der Waals surface area (Å²) >= 11 is 0. The SMILES string of the molecule is CC[C@H](NS(=O)(=O)Cc1ccccc1F)c1ccccc1. The number of sulfonamides is 1. The van der Waals surface area contributed by atoms with Gasteiger partial charge in [0.25, 0.3) is 0 Å². The van der Waals surface area contributed by atoms with E-state index in [2.05, 4.69) is 4.72 Å². The van der Waals surface area contributed by atoms with Crippen LogP contribution in [0.4, 0.5) is 4.39 Å². The zero-order chi connectivity index (χ0) is 15.3. The zero-order valence-corrected chi connectivity index (χ0v) is 12.6. The van der Waals surface area contributed by atoms with Crippen molar-refractivity contribution in [3.05, 3.63) is 71.5 Å². The summed E-state index contributed by atoms with van der Waals surface area (Å²) < 4.78 is 40.6. The summed E-state index contributed by atoms with van der Waals surface area (Å²) in [6.07, 6.45) is 0.626. The second-order valence-corrected chi connectivity index (χ2v) is 6.59. The van der Waals surface area contributed by atoms with Crippen molar-refractivity contribution in [1.29, 1.82) is 0 Å². The minimum absolute atomic E-state index is 0.174. The topological polar surface area (TPSA) is 46.2 Å². The van der Waals surface area contributed by atoms with Crippen LogP contribution >= 0.6 is 0 Å². The Morgan fingerprint density at radius 1 is 1.05 bits per heavy atom. The zero-order valence-electron chi connectivity index (χ0n) is 11.8. The molecule has 0 spiro atoms. The maximum atomic E-state index is 13.6. The first-order chi connectivity index (χ1) is 10.0. The van der Waals surface area contributed by atoms with E-state index in [1.54, 1.807) is 6.07 Å². The van der Waals surface area contributed by atoms with Crippen molar-refractivity contribution in [2.45, 2.75) is 25.1 Å². The fourth-order valence-electron chi connectivity index (χ4n) is 2.15. The van der Waals surface area contributed by atoms with Gasteiger partial charge >= 0.3 is 0 Å². The van der Waals surface area contributed by atoms with Crippen LogP contribution in [0, 0.1) is 5.82 Å². The van der Waals surface area contributed by atoms with E-state index < -0.39 is 15.8 Å². The van der Waals surface area contributed by atoms with Crippen LogP contribution in [-0.4, -0.2) is 8.42 Å². The van der Waals surface area contributed by atoms with Gasteiger partial charge in [0.1, 0.15) is 5.82 Å². The van der Waals surface area contributed by atoms with Crippen molar-refractivity contribution < 1.29 is 12.8 Å².